The molecule has 1 rings (SSSR count). The highest BCUT2D eigenvalue weighted by molar-refractivity contribution is 7.10. The molecule has 0 aromatic carbocycles. The fraction of sp³-hybridized carbons (Fsp3) is 0.444. The van der Waals surface area contributed by atoms with Crippen LogP contribution < -0.4 is 5.73 Å². The Bertz CT molecular complexity index is 296. The smallest absolute Gasteiger partial charge is 0.328 e. The van der Waals surface area contributed by atoms with E-state index in [0.29, 0.717) is 0 Å². The molecule has 3 nitrogen and oxygen atoms in total. The van der Waals surface area contributed by atoms with Gasteiger partial charge in [-0.05, 0) is 23.4 Å². The van der Waals surface area contributed by atoms with E-state index in [1.165, 1.54) is 18.4 Å². The van der Waals surface area contributed by atoms with Gasteiger partial charge in [-0.15, -0.1) is 11.3 Å². The van der Waals surface area contributed by atoms with Gasteiger partial charge in [-0.3, -0.25) is 0 Å². The molecule has 0 saturated carbocycles. The minimum Gasteiger partial charge on any atom is -0.468 e. The first-order valence-corrected chi connectivity index (χ1v) is 4.98. The summed E-state index contributed by atoms with van der Waals surface area (Å²) in [6.45, 7) is 2.04. The van der Waals surface area contributed by atoms with Crippen molar-refractivity contribution in [1.82, 2.24) is 0 Å². The zero-order valence-electron chi connectivity index (χ0n) is 7.74. The molecule has 0 aliphatic carbocycles. The average Bonchev–Trinajstić information content (AvgIpc) is 2.62. The van der Waals surface area contributed by atoms with Crippen molar-refractivity contribution in [2.24, 2.45) is 5.73 Å². The Labute approximate surface area is 81.5 Å². The van der Waals surface area contributed by atoms with Crippen LogP contribution in [0.1, 0.15) is 23.4 Å². The molecule has 0 radical (unpaired) electrons. The molecule has 1 heterocycles. The Hall–Kier alpha value is -0.870. The summed E-state index contributed by atoms with van der Waals surface area (Å²) in [5, 5.41) is 1.94. The standard InChI is InChI=1S/C9H13NO2S/c1-3-6-4-5-13-8(6)7(10)9(11)12-2/h4-5,7H,3,10H2,1-2H3. The second-order valence-electron chi connectivity index (χ2n) is 2.66. The summed E-state index contributed by atoms with van der Waals surface area (Å²) in [6.07, 6.45) is 0.892. The number of carbonyl (C=O) groups excluding carboxylic acids is 1. The lowest BCUT2D eigenvalue weighted by Crippen LogP contribution is -2.22. The van der Waals surface area contributed by atoms with Gasteiger partial charge in [-0.2, -0.15) is 0 Å². The van der Waals surface area contributed by atoms with Gasteiger partial charge >= 0.3 is 5.97 Å². The number of nitrogens with two attached hydrogens (primary N) is 1. The lowest BCUT2D eigenvalue weighted by atomic mass is 10.1. The van der Waals surface area contributed by atoms with Gasteiger partial charge in [0.25, 0.3) is 0 Å². The van der Waals surface area contributed by atoms with Crippen LogP contribution in [0, 0.1) is 0 Å². The van der Waals surface area contributed by atoms with Crippen LogP contribution in [0.3, 0.4) is 0 Å². The van der Waals surface area contributed by atoms with Crippen molar-refractivity contribution >= 4 is 17.3 Å². The molecule has 72 valence electrons. The monoisotopic (exact) mass is 199 g/mol. The van der Waals surface area contributed by atoms with Gasteiger partial charge in [0.15, 0.2) is 0 Å². The SMILES string of the molecule is CCc1ccsc1C(N)C(=O)OC. The third kappa shape index (κ3) is 2.08. The summed E-state index contributed by atoms with van der Waals surface area (Å²) >= 11 is 1.50. The summed E-state index contributed by atoms with van der Waals surface area (Å²) in [7, 11) is 1.35. The van der Waals surface area contributed by atoms with Crippen molar-refractivity contribution < 1.29 is 9.53 Å². The van der Waals surface area contributed by atoms with Gasteiger partial charge in [0.2, 0.25) is 0 Å². The number of carbonyl (C=O) groups is 1. The predicted molar refractivity (Wildman–Crippen MR) is 52.6 cm³/mol. The van der Waals surface area contributed by atoms with E-state index < -0.39 is 6.04 Å². The number of aryl methyl sites for hydroxylation is 1. The predicted octanol–water partition coefficient (Wildman–Crippen LogP) is 1.48. The number of rotatable bonds is 3. The molecule has 0 spiro atoms. The number of ether oxygens (including phenoxy) is 1. The minimum absolute atomic E-state index is 0.378. The van der Waals surface area contributed by atoms with Gasteiger partial charge in [0.05, 0.1) is 7.11 Å². The van der Waals surface area contributed by atoms with Gasteiger partial charge in [0.1, 0.15) is 6.04 Å². The molecule has 0 aliphatic heterocycles. The highest BCUT2D eigenvalue weighted by atomic mass is 32.1. The van der Waals surface area contributed by atoms with Crippen LogP contribution in [0.5, 0.6) is 0 Å². The van der Waals surface area contributed by atoms with E-state index in [-0.39, 0.29) is 5.97 Å². The second kappa shape index (κ2) is 4.39. The molecule has 13 heavy (non-hydrogen) atoms. The number of esters is 1. The summed E-state index contributed by atoms with van der Waals surface area (Å²) < 4.78 is 4.58. The van der Waals surface area contributed by atoms with E-state index in [2.05, 4.69) is 4.74 Å². The summed E-state index contributed by atoms with van der Waals surface area (Å²) in [5.41, 5.74) is 6.83. The normalized spacial score (nSPS) is 12.5. The zero-order chi connectivity index (χ0) is 9.84. The van der Waals surface area contributed by atoms with Crippen LogP contribution in [0.25, 0.3) is 0 Å². The van der Waals surface area contributed by atoms with Gasteiger partial charge in [-0.25, -0.2) is 4.79 Å². The summed E-state index contributed by atoms with van der Waals surface area (Å²) in [6, 6.07) is 1.36. The Morgan fingerprint density at radius 1 is 1.77 bits per heavy atom. The molecule has 1 unspecified atom stereocenters. The van der Waals surface area contributed by atoms with E-state index in [1.807, 2.05) is 18.4 Å². The Balaban J connectivity index is 2.87. The van der Waals surface area contributed by atoms with Crippen LogP contribution >= 0.6 is 11.3 Å². The van der Waals surface area contributed by atoms with Gasteiger partial charge in [-0.1, -0.05) is 6.92 Å². The molecular formula is C9H13NO2S. The highest BCUT2D eigenvalue weighted by Crippen LogP contribution is 2.24. The largest absolute Gasteiger partial charge is 0.468 e. The number of hydrogen-bond donors (Lipinski definition) is 1. The third-order valence-electron chi connectivity index (χ3n) is 1.90. The van der Waals surface area contributed by atoms with E-state index in [1.54, 1.807) is 0 Å². The zero-order valence-corrected chi connectivity index (χ0v) is 8.56. The van der Waals surface area contributed by atoms with E-state index in [0.717, 1.165) is 16.9 Å². The molecule has 0 bridgehead atoms. The quantitative estimate of drug-likeness (QED) is 0.750. The Morgan fingerprint density at radius 2 is 2.46 bits per heavy atom. The molecular weight excluding hydrogens is 186 g/mol. The van der Waals surface area contributed by atoms with Gasteiger partial charge in [0, 0.05) is 4.88 Å². The van der Waals surface area contributed by atoms with E-state index in [9.17, 15) is 4.79 Å². The molecule has 1 aromatic rings. The molecule has 4 heteroatoms. The Morgan fingerprint density at radius 3 is 3.00 bits per heavy atom. The van der Waals surface area contributed by atoms with E-state index in [4.69, 9.17) is 5.73 Å². The van der Waals surface area contributed by atoms with Gasteiger partial charge < -0.3 is 10.5 Å². The third-order valence-corrected chi connectivity index (χ3v) is 2.94. The van der Waals surface area contributed by atoms with Crippen molar-refractivity contribution in [2.45, 2.75) is 19.4 Å². The number of thiophene rings is 1. The molecule has 0 amide bonds. The molecule has 0 saturated heterocycles. The van der Waals surface area contributed by atoms with E-state index >= 15 is 0 Å². The average molecular weight is 199 g/mol. The molecule has 1 atom stereocenters. The van der Waals surface area contributed by atoms with Crippen LogP contribution in [-0.4, -0.2) is 13.1 Å². The van der Waals surface area contributed by atoms with Crippen LogP contribution in [0.2, 0.25) is 0 Å². The maximum absolute atomic E-state index is 11.1. The second-order valence-corrected chi connectivity index (χ2v) is 3.61. The Kier molecular flexibility index (Phi) is 3.45. The van der Waals surface area contributed by atoms with Crippen molar-refractivity contribution in [3.63, 3.8) is 0 Å². The maximum atomic E-state index is 11.1. The lowest BCUT2D eigenvalue weighted by molar-refractivity contribution is -0.142. The molecule has 0 fully saturated rings. The van der Waals surface area contributed by atoms with Crippen molar-refractivity contribution in [1.29, 1.82) is 0 Å². The topological polar surface area (TPSA) is 52.3 Å². The van der Waals surface area contributed by atoms with Crippen molar-refractivity contribution in [3.8, 4) is 0 Å². The minimum atomic E-state index is -0.625. The first-order chi connectivity index (χ1) is 6.20. The molecule has 1 aromatic heterocycles. The summed E-state index contributed by atoms with van der Waals surface area (Å²) in [5.74, 6) is -0.378. The van der Waals surface area contributed by atoms with Crippen molar-refractivity contribution in [2.75, 3.05) is 7.11 Å². The first-order valence-electron chi connectivity index (χ1n) is 4.10. The first kappa shape index (κ1) is 10.2. The van der Waals surface area contributed by atoms with Crippen molar-refractivity contribution in [3.05, 3.63) is 21.9 Å². The number of hydrogen-bond acceptors (Lipinski definition) is 4. The fourth-order valence-electron chi connectivity index (χ4n) is 1.15. The molecule has 0 aliphatic rings. The lowest BCUT2D eigenvalue weighted by Gasteiger charge is -2.08. The highest BCUT2D eigenvalue weighted by Gasteiger charge is 2.19. The van der Waals surface area contributed by atoms with Crippen LogP contribution in [-0.2, 0) is 16.0 Å². The summed E-state index contributed by atoms with van der Waals surface area (Å²) in [4.78, 5) is 12.0. The molecule has 2 N–H and O–H groups in total. The maximum Gasteiger partial charge on any atom is 0.328 e. The van der Waals surface area contributed by atoms with Crippen LogP contribution in [0.15, 0.2) is 11.4 Å². The fourth-order valence-corrected chi connectivity index (χ4v) is 2.13. The number of methoxy groups -OCH3 is 1. The van der Waals surface area contributed by atoms with Crippen LogP contribution in [0.4, 0.5) is 0 Å².